The van der Waals surface area contributed by atoms with Crippen LogP contribution in [0.2, 0.25) is 0 Å². The lowest BCUT2D eigenvalue weighted by Crippen LogP contribution is -2.56. The van der Waals surface area contributed by atoms with Gasteiger partial charge < -0.3 is 37.0 Å². The molecular weight excluding hydrogens is 448 g/mol. The van der Waals surface area contributed by atoms with Gasteiger partial charge in [0.25, 0.3) is 0 Å². The molecule has 1 aromatic carbocycles. The number of phenols is 1. The molecule has 0 saturated carbocycles. The van der Waals surface area contributed by atoms with Crippen LogP contribution in [0.25, 0.3) is 0 Å². The highest BCUT2D eigenvalue weighted by atomic mass is 16.4. The van der Waals surface area contributed by atoms with E-state index in [0.717, 1.165) is 0 Å². The van der Waals surface area contributed by atoms with Crippen molar-refractivity contribution in [2.75, 3.05) is 6.54 Å². The van der Waals surface area contributed by atoms with Crippen LogP contribution in [0.3, 0.4) is 0 Å². The van der Waals surface area contributed by atoms with Crippen molar-refractivity contribution < 1.29 is 39.3 Å². The summed E-state index contributed by atoms with van der Waals surface area (Å²) < 4.78 is 0. The Bertz CT molecular complexity index is 872. The molecular formula is C22H32N4O8. The Morgan fingerprint density at radius 1 is 0.882 bits per heavy atom. The predicted molar refractivity (Wildman–Crippen MR) is 121 cm³/mol. The molecule has 34 heavy (non-hydrogen) atoms. The number of hydrogen-bond donors (Lipinski definition) is 7. The van der Waals surface area contributed by atoms with Gasteiger partial charge in [-0.1, -0.05) is 26.0 Å². The van der Waals surface area contributed by atoms with Gasteiger partial charge in [-0.3, -0.25) is 24.0 Å². The van der Waals surface area contributed by atoms with Gasteiger partial charge in [-0.15, -0.1) is 0 Å². The number of amides is 3. The van der Waals surface area contributed by atoms with E-state index in [1.54, 1.807) is 26.0 Å². The quantitative estimate of drug-likeness (QED) is 0.180. The van der Waals surface area contributed by atoms with E-state index in [0.29, 0.717) is 5.56 Å². The number of rotatable bonds is 14. The molecule has 12 heteroatoms. The second-order valence-corrected chi connectivity index (χ2v) is 8.27. The number of aromatic hydroxyl groups is 1. The molecule has 3 unspecified atom stereocenters. The number of phenolic OH excluding ortho intramolecular Hbond substituents is 1. The molecule has 0 bridgehead atoms. The van der Waals surface area contributed by atoms with Crippen molar-refractivity contribution in [3.8, 4) is 5.75 Å². The number of hydrogen-bond acceptors (Lipinski definition) is 7. The number of carbonyl (C=O) groups excluding carboxylic acids is 3. The van der Waals surface area contributed by atoms with Gasteiger partial charge in [0.05, 0.1) is 6.04 Å². The Hall–Kier alpha value is -3.67. The summed E-state index contributed by atoms with van der Waals surface area (Å²) in [4.78, 5) is 59.6. The van der Waals surface area contributed by atoms with Crippen molar-refractivity contribution in [1.29, 1.82) is 0 Å². The third-order valence-electron chi connectivity index (χ3n) is 4.76. The molecule has 0 spiro atoms. The Morgan fingerprint density at radius 3 is 2.00 bits per heavy atom. The molecule has 0 aliphatic rings. The minimum Gasteiger partial charge on any atom is -0.508 e. The molecule has 188 valence electrons. The molecule has 8 N–H and O–H groups in total. The maximum atomic E-state index is 12.9. The molecule has 0 aliphatic carbocycles. The normalized spacial score (nSPS) is 13.4. The van der Waals surface area contributed by atoms with Crippen LogP contribution in [0.4, 0.5) is 0 Å². The van der Waals surface area contributed by atoms with Crippen molar-refractivity contribution in [3.05, 3.63) is 29.8 Å². The van der Waals surface area contributed by atoms with E-state index in [1.165, 1.54) is 12.1 Å². The van der Waals surface area contributed by atoms with Crippen molar-refractivity contribution in [1.82, 2.24) is 16.0 Å². The van der Waals surface area contributed by atoms with Gasteiger partial charge in [0.15, 0.2) is 0 Å². The first-order valence-corrected chi connectivity index (χ1v) is 10.7. The SMILES string of the molecule is CC(C)CC(NC(=O)C(CCC(=O)O)NC(=O)C(N)Cc1ccc(O)cc1)C(=O)NCC(=O)O. The zero-order chi connectivity index (χ0) is 25.8. The summed E-state index contributed by atoms with van der Waals surface area (Å²) >= 11 is 0. The van der Waals surface area contributed by atoms with Gasteiger partial charge in [0.1, 0.15) is 24.4 Å². The fraction of sp³-hybridized carbons (Fsp3) is 0.500. The van der Waals surface area contributed by atoms with Crippen LogP contribution in [0.5, 0.6) is 5.75 Å². The number of nitrogens with one attached hydrogen (secondary N) is 3. The first-order valence-electron chi connectivity index (χ1n) is 10.7. The molecule has 0 radical (unpaired) electrons. The van der Waals surface area contributed by atoms with E-state index in [1.807, 2.05) is 0 Å². The molecule has 0 aromatic heterocycles. The molecule has 12 nitrogen and oxygen atoms in total. The first-order chi connectivity index (χ1) is 15.9. The summed E-state index contributed by atoms with van der Waals surface area (Å²) in [5, 5.41) is 34.2. The minimum absolute atomic E-state index is 0.0355. The smallest absolute Gasteiger partial charge is 0.322 e. The van der Waals surface area contributed by atoms with Crippen LogP contribution < -0.4 is 21.7 Å². The second kappa shape index (κ2) is 13.8. The summed E-state index contributed by atoms with van der Waals surface area (Å²) in [6, 6.07) is 2.63. The van der Waals surface area contributed by atoms with Crippen molar-refractivity contribution in [3.63, 3.8) is 0 Å². The Morgan fingerprint density at radius 2 is 1.47 bits per heavy atom. The van der Waals surface area contributed by atoms with Crippen LogP contribution >= 0.6 is 0 Å². The number of carboxylic acid groups (broad SMARTS) is 2. The van der Waals surface area contributed by atoms with E-state index < -0.39 is 60.8 Å². The second-order valence-electron chi connectivity index (χ2n) is 8.27. The number of aliphatic carboxylic acids is 2. The third kappa shape index (κ3) is 10.8. The average molecular weight is 481 g/mol. The fourth-order valence-electron chi connectivity index (χ4n) is 3.06. The molecule has 3 atom stereocenters. The predicted octanol–water partition coefficient (Wildman–Crippen LogP) is -0.657. The number of carbonyl (C=O) groups is 5. The Balaban J connectivity index is 2.90. The van der Waals surface area contributed by atoms with Crippen LogP contribution in [0, 0.1) is 5.92 Å². The average Bonchev–Trinajstić information content (AvgIpc) is 2.75. The Labute approximate surface area is 196 Å². The van der Waals surface area contributed by atoms with Crippen LogP contribution in [0.1, 0.15) is 38.7 Å². The molecule has 0 aliphatic heterocycles. The lowest BCUT2D eigenvalue weighted by Gasteiger charge is -2.24. The van der Waals surface area contributed by atoms with E-state index in [-0.39, 0.29) is 30.9 Å². The van der Waals surface area contributed by atoms with Crippen molar-refractivity contribution in [2.24, 2.45) is 11.7 Å². The van der Waals surface area contributed by atoms with Crippen LogP contribution in [0.15, 0.2) is 24.3 Å². The highest BCUT2D eigenvalue weighted by Gasteiger charge is 2.29. The van der Waals surface area contributed by atoms with Gasteiger partial charge in [0.2, 0.25) is 17.7 Å². The van der Waals surface area contributed by atoms with E-state index in [4.69, 9.17) is 15.9 Å². The lowest BCUT2D eigenvalue weighted by molar-refractivity contribution is -0.138. The number of nitrogens with two attached hydrogens (primary N) is 1. The summed E-state index contributed by atoms with van der Waals surface area (Å²) in [6.45, 7) is 2.97. The topological polar surface area (TPSA) is 208 Å². The first kappa shape index (κ1) is 28.4. The third-order valence-corrected chi connectivity index (χ3v) is 4.76. The highest BCUT2D eigenvalue weighted by Crippen LogP contribution is 2.11. The molecule has 1 rings (SSSR count). The largest absolute Gasteiger partial charge is 0.508 e. The number of benzene rings is 1. The maximum absolute atomic E-state index is 12.9. The van der Waals surface area contributed by atoms with Crippen LogP contribution in [-0.2, 0) is 30.4 Å². The highest BCUT2D eigenvalue weighted by molar-refractivity contribution is 5.94. The lowest BCUT2D eigenvalue weighted by atomic mass is 10.0. The van der Waals surface area contributed by atoms with Gasteiger partial charge in [-0.05, 0) is 42.9 Å². The molecule has 0 fully saturated rings. The summed E-state index contributed by atoms with van der Waals surface area (Å²) in [7, 11) is 0. The van der Waals surface area contributed by atoms with Gasteiger partial charge in [-0.2, -0.15) is 0 Å². The standard InChI is InChI=1S/C22H32N4O8/c1-12(2)9-17(21(33)24-11-19(30)31)26-22(34)16(7-8-18(28)29)25-20(32)15(23)10-13-3-5-14(27)6-4-13/h3-6,12,15-17,27H,7-11,23H2,1-2H3,(H,24,33)(H,25,32)(H,26,34)(H,28,29)(H,30,31). The van der Waals surface area contributed by atoms with Crippen LogP contribution in [-0.4, -0.2) is 69.7 Å². The van der Waals surface area contributed by atoms with E-state index in [9.17, 15) is 29.1 Å². The maximum Gasteiger partial charge on any atom is 0.322 e. The van der Waals surface area contributed by atoms with Gasteiger partial charge in [-0.25, -0.2) is 0 Å². The summed E-state index contributed by atoms with van der Waals surface area (Å²) in [5.74, 6) is -4.62. The van der Waals surface area contributed by atoms with Gasteiger partial charge >= 0.3 is 11.9 Å². The molecule has 0 heterocycles. The van der Waals surface area contributed by atoms with Gasteiger partial charge in [0, 0.05) is 6.42 Å². The zero-order valence-electron chi connectivity index (χ0n) is 19.1. The number of carboxylic acids is 2. The zero-order valence-corrected chi connectivity index (χ0v) is 19.1. The van der Waals surface area contributed by atoms with Crippen molar-refractivity contribution in [2.45, 2.75) is 57.7 Å². The molecule has 0 saturated heterocycles. The minimum atomic E-state index is -1.28. The monoisotopic (exact) mass is 480 g/mol. The van der Waals surface area contributed by atoms with Crippen molar-refractivity contribution >= 4 is 29.7 Å². The summed E-state index contributed by atoms with van der Waals surface area (Å²) in [5.41, 5.74) is 6.60. The molecule has 3 amide bonds. The van der Waals surface area contributed by atoms with E-state index in [2.05, 4.69) is 16.0 Å². The molecule has 1 aromatic rings. The fourth-order valence-corrected chi connectivity index (χ4v) is 3.06. The van der Waals surface area contributed by atoms with E-state index >= 15 is 0 Å². The summed E-state index contributed by atoms with van der Waals surface area (Å²) in [6.07, 6.45) is -0.375. The Kier molecular flexibility index (Phi) is 11.5.